The number of carbonyl (C=O) groups is 1. The van der Waals surface area contributed by atoms with Gasteiger partial charge in [0, 0.05) is 19.2 Å². The number of rotatable bonds is 3. The number of nitrogens with two attached hydrogens (primary N) is 1. The molecule has 5 heteroatoms. The average Bonchev–Trinajstić information content (AvgIpc) is 2.37. The first kappa shape index (κ1) is 12.6. The van der Waals surface area contributed by atoms with Crippen LogP contribution in [0, 0.1) is 5.82 Å². The van der Waals surface area contributed by atoms with Crippen molar-refractivity contribution in [3.8, 4) is 0 Å². The highest BCUT2D eigenvalue weighted by molar-refractivity contribution is 5.90. The maximum atomic E-state index is 13.9. The molecule has 2 N–H and O–H groups in total. The van der Waals surface area contributed by atoms with Gasteiger partial charge in [-0.2, -0.15) is 0 Å². The van der Waals surface area contributed by atoms with E-state index >= 15 is 0 Å². The highest BCUT2D eigenvalue weighted by Gasteiger charge is 2.14. The number of morpholine rings is 1. The molecule has 1 fully saturated rings. The number of hydrogen-bond acceptors (Lipinski definition) is 3. The van der Waals surface area contributed by atoms with Crippen LogP contribution in [0.4, 0.5) is 10.1 Å². The second kappa shape index (κ2) is 5.64. The van der Waals surface area contributed by atoms with Crippen LogP contribution in [0.1, 0.15) is 5.56 Å². The topological polar surface area (TPSA) is 55.6 Å². The van der Waals surface area contributed by atoms with E-state index in [1.54, 1.807) is 12.1 Å². The van der Waals surface area contributed by atoms with E-state index < -0.39 is 5.91 Å². The first-order valence-electron chi connectivity index (χ1n) is 5.76. The summed E-state index contributed by atoms with van der Waals surface area (Å²) in [6, 6.07) is 4.86. The molecule has 18 heavy (non-hydrogen) atoms. The smallest absolute Gasteiger partial charge is 0.241 e. The minimum Gasteiger partial charge on any atom is -0.378 e. The zero-order chi connectivity index (χ0) is 13.0. The minimum absolute atomic E-state index is 0.302. The maximum absolute atomic E-state index is 13.9. The standard InChI is InChI=1S/C13H15FN2O2/c14-11-9-10(2-4-13(15)17)1-3-12(11)16-5-7-18-8-6-16/h1-4,9H,5-8H2,(H2,15,17)/b4-2-. The van der Waals surface area contributed by atoms with Crippen LogP contribution in [0.3, 0.4) is 0 Å². The molecule has 0 aromatic heterocycles. The molecule has 0 bridgehead atoms. The lowest BCUT2D eigenvalue weighted by Gasteiger charge is -2.29. The second-order valence-electron chi connectivity index (χ2n) is 4.05. The zero-order valence-corrected chi connectivity index (χ0v) is 9.93. The van der Waals surface area contributed by atoms with E-state index in [1.165, 1.54) is 18.2 Å². The number of carbonyl (C=O) groups excluding carboxylic acids is 1. The predicted molar refractivity (Wildman–Crippen MR) is 67.7 cm³/mol. The molecule has 0 saturated carbocycles. The third kappa shape index (κ3) is 3.07. The van der Waals surface area contributed by atoms with Crippen molar-refractivity contribution in [3.63, 3.8) is 0 Å². The van der Waals surface area contributed by atoms with Gasteiger partial charge in [-0.15, -0.1) is 0 Å². The molecule has 0 radical (unpaired) electrons. The lowest BCUT2D eigenvalue weighted by molar-refractivity contribution is -0.113. The SMILES string of the molecule is NC(=O)/C=C\c1ccc(N2CCOCC2)c(F)c1. The summed E-state index contributed by atoms with van der Waals surface area (Å²) in [6.45, 7) is 2.60. The third-order valence-corrected chi connectivity index (χ3v) is 2.76. The Morgan fingerprint density at radius 3 is 2.72 bits per heavy atom. The summed E-state index contributed by atoms with van der Waals surface area (Å²) in [5.74, 6) is -0.851. The van der Waals surface area contributed by atoms with E-state index in [0.29, 0.717) is 37.6 Å². The fourth-order valence-electron chi connectivity index (χ4n) is 1.87. The summed E-state index contributed by atoms with van der Waals surface area (Å²) in [5, 5.41) is 0. The molecular weight excluding hydrogens is 235 g/mol. The average molecular weight is 250 g/mol. The molecule has 0 atom stereocenters. The monoisotopic (exact) mass is 250 g/mol. The van der Waals surface area contributed by atoms with Crippen molar-refractivity contribution in [3.05, 3.63) is 35.7 Å². The lowest BCUT2D eigenvalue weighted by atomic mass is 10.1. The first-order chi connectivity index (χ1) is 8.66. The van der Waals surface area contributed by atoms with E-state index in [0.717, 1.165) is 0 Å². The summed E-state index contributed by atoms with van der Waals surface area (Å²) in [4.78, 5) is 12.5. The molecule has 1 aromatic rings. The summed E-state index contributed by atoms with van der Waals surface area (Å²) in [5.41, 5.74) is 6.16. The minimum atomic E-state index is -0.548. The molecule has 96 valence electrons. The molecule has 0 spiro atoms. The number of nitrogens with zero attached hydrogens (tertiary/aromatic N) is 1. The first-order valence-corrected chi connectivity index (χ1v) is 5.76. The Morgan fingerprint density at radius 2 is 2.11 bits per heavy atom. The van der Waals surface area contributed by atoms with Crippen LogP contribution < -0.4 is 10.6 Å². The van der Waals surface area contributed by atoms with Crippen molar-refractivity contribution in [1.29, 1.82) is 0 Å². The van der Waals surface area contributed by atoms with Crippen LogP contribution in [0.5, 0.6) is 0 Å². The molecule has 1 heterocycles. The number of ether oxygens (including phenoxy) is 1. The van der Waals surface area contributed by atoms with Crippen molar-refractivity contribution >= 4 is 17.7 Å². The molecule has 4 nitrogen and oxygen atoms in total. The van der Waals surface area contributed by atoms with Crippen LogP contribution in [0.15, 0.2) is 24.3 Å². The fraction of sp³-hybridized carbons (Fsp3) is 0.308. The van der Waals surface area contributed by atoms with Crippen LogP contribution in [-0.4, -0.2) is 32.2 Å². The molecule has 1 aliphatic heterocycles. The number of benzene rings is 1. The van der Waals surface area contributed by atoms with Crippen molar-refractivity contribution in [2.24, 2.45) is 5.73 Å². The number of halogens is 1. The Kier molecular flexibility index (Phi) is 3.94. The Bertz CT molecular complexity index is 468. The largest absolute Gasteiger partial charge is 0.378 e. The Balaban J connectivity index is 2.16. The van der Waals surface area contributed by atoms with Gasteiger partial charge in [-0.1, -0.05) is 6.07 Å². The zero-order valence-electron chi connectivity index (χ0n) is 9.93. The van der Waals surface area contributed by atoms with Crippen molar-refractivity contribution in [1.82, 2.24) is 0 Å². The van der Waals surface area contributed by atoms with Gasteiger partial charge < -0.3 is 15.4 Å². The Labute approximate surface area is 105 Å². The number of primary amides is 1. The van der Waals surface area contributed by atoms with Gasteiger partial charge in [0.2, 0.25) is 5.91 Å². The van der Waals surface area contributed by atoms with Crippen LogP contribution in [0.25, 0.3) is 6.08 Å². The normalized spacial score (nSPS) is 16.2. The molecule has 0 aliphatic carbocycles. The lowest BCUT2D eigenvalue weighted by Crippen LogP contribution is -2.36. The van der Waals surface area contributed by atoms with Gasteiger partial charge in [-0.05, 0) is 23.8 Å². The van der Waals surface area contributed by atoms with Gasteiger partial charge in [-0.3, -0.25) is 4.79 Å². The van der Waals surface area contributed by atoms with E-state index in [1.807, 2.05) is 4.90 Å². The van der Waals surface area contributed by atoms with Crippen LogP contribution in [0.2, 0.25) is 0 Å². The fourth-order valence-corrected chi connectivity index (χ4v) is 1.87. The maximum Gasteiger partial charge on any atom is 0.241 e. The van der Waals surface area contributed by atoms with Gasteiger partial charge in [-0.25, -0.2) is 4.39 Å². The number of anilines is 1. The quantitative estimate of drug-likeness (QED) is 0.819. The molecule has 1 aromatic carbocycles. The second-order valence-corrected chi connectivity index (χ2v) is 4.05. The Morgan fingerprint density at radius 1 is 1.39 bits per heavy atom. The summed E-state index contributed by atoms with van der Waals surface area (Å²) in [6.07, 6.45) is 2.71. The van der Waals surface area contributed by atoms with Crippen LogP contribution >= 0.6 is 0 Å². The molecular formula is C13H15FN2O2. The third-order valence-electron chi connectivity index (χ3n) is 2.76. The molecule has 1 saturated heterocycles. The molecule has 1 amide bonds. The van der Waals surface area contributed by atoms with E-state index in [9.17, 15) is 9.18 Å². The van der Waals surface area contributed by atoms with Gasteiger partial charge >= 0.3 is 0 Å². The van der Waals surface area contributed by atoms with Crippen molar-refractivity contribution in [2.45, 2.75) is 0 Å². The molecule has 2 rings (SSSR count). The highest BCUT2D eigenvalue weighted by atomic mass is 19.1. The Hall–Kier alpha value is -1.88. The van der Waals surface area contributed by atoms with Gasteiger partial charge in [0.25, 0.3) is 0 Å². The highest BCUT2D eigenvalue weighted by Crippen LogP contribution is 2.22. The van der Waals surface area contributed by atoms with E-state index in [4.69, 9.17) is 10.5 Å². The summed E-state index contributed by atoms with van der Waals surface area (Å²) in [7, 11) is 0. The van der Waals surface area contributed by atoms with Gasteiger partial charge in [0.05, 0.1) is 18.9 Å². The predicted octanol–water partition coefficient (Wildman–Crippen LogP) is 1.16. The number of hydrogen-bond donors (Lipinski definition) is 1. The summed E-state index contributed by atoms with van der Waals surface area (Å²) >= 11 is 0. The number of amides is 1. The van der Waals surface area contributed by atoms with E-state index in [-0.39, 0.29) is 5.82 Å². The summed E-state index contributed by atoms with van der Waals surface area (Å²) < 4.78 is 19.1. The van der Waals surface area contributed by atoms with E-state index in [2.05, 4.69) is 0 Å². The molecule has 0 unspecified atom stereocenters. The van der Waals surface area contributed by atoms with Gasteiger partial charge in [0.15, 0.2) is 0 Å². The molecule has 1 aliphatic rings. The van der Waals surface area contributed by atoms with Crippen molar-refractivity contribution in [2.75, 3.05) is 31.2 Å². The van der Waals surface area contributed by atoms with Gasteiger partial charge in [0.1, 0.15) is 5.82 Å². The van der Waals surface area contributed by atoms with Crippen molar-refractivity contribution < 1.29 is 13.9 Å². The van der Waals surface area contributed by atoms with Crippen LogP contribution in [-0.2, 0) is 9.53 Å².